The van der Waals surface area contributed by atoms with E-state index in [9.17, 15) is 9.30 Å². The second-order valence-corrected chi connectivity index (χ2v) is 3.52. The van der Waals surface area contributed by atoms with E-state index in [4.69, 9.17) is 4.74 Å². The van der Waals surface area contributed by atoms with Gasteiger partial charge in [-0.05, 0) is 11.6 Å². The van der Waals surface area contributed by atoms with E-state index >= 15 is 0 Å². The normalized spacial score (nSPS) is 9.94. The Morgan fingerprint density at radius 1 is 1.12 bits per heavy atom. The molecule has 0 unspecified atom stereocenters. The Morgan fingerprint density at radius 2 is 1.88 bits per heavy atom. The smallest absolute Gasteiger partial charge is 0.257 e. The summed E-state index contributed by atoms with van der Waals surface area (Å²) in [6, 6.07) is 13.3. The fourth-order valence-corrected chi connectivity index (χ4v) is 1.41. The molecule has 0 saturated heterocycles. The van der Waals surface area contributed by atoms with Crippen LogP contribution in [0, 0.1) is 10.7 Å². The summed E-state index contributed by atoms with van der Waals surface area (Å²) in [6.45, 7) is 0.264. The van der Waals surface area contributed by atoms with Crippen molar-refractivity contribution in [3.8, 4) is 5.75 Å². The second-order valence-electron chi connectivity index (χ2n) is 3.52. The summed E-state index contributed by atoms with van der Waals surface area (Å²) in [6.07, 6.45) is 0. The molecule has 0 spiro atoms. The molecule has 0 bridgehead atoms. The minimum Gasteiger partial charge on any atom is -0.486 e. The molecule has 17 heavy (non-hydrogen) atoms. The van der Waals surface area contributed by atoms with Crippen LogP contribution in [0.4, 0.5) is 10.1 Å². The highest BCUT2D eigenvalue weighted by atomic mass is 19.1. The van der Waals surface area contributed by atoms with Crippen LogP contribution < -0.4 is 9.91 Å². The standard InChI is InChI=1S/C13H10FNO2/c14-12-7-6-11(15-16)8-13(12)17-9-10-4-2-1-3-5-10/h1-8H,9H2/p+1. The zero-order valence-electron chi connectivity index (χ0n) is 9.02. The summed E-state index contributed by atoms with van der Waals surface area (Å²) < 4.78 is 18.7. The van der Waals surface area contributed by atoms with E-state index in [1.54, 1.807) is 5.18 Å². The van der Waals surface area contributed by atoms with Gasteiger partial charge in [-0.15, -0.1) is 0 Å². The van der Waals surface area contributed by atoms with Gasteiger partial charge in [-0.2, -0.15) is 0 Å². The van der Waals surface area contributed by atoms with Crippen molar-refractivity contribution in [2.24, 2.45) is 0 Å². The third kappa shape index (κ3) is 2.87. The highest BCUT2D eigenvalue weighted by Crippen LogP contribution is 2.20. The zero-order valence-corrected chi connectivity index (χ0v) is 9.02. The Balaban J connectivity index is 2.11. The van der Waals surface area contributed by atoms with E-state index in [-0.39, 0.29) is 18.0 Å². The second kappa shape index (κ2) is 5.21. The van der Waals surface area contributed by atoms with Crippen molar-refractivity contribution in [1.82, 2.24) is 0 Å². The van der Waals surface area contributed by atoms with Gasteiger partial charge in [0.25, 0.3) is 5.69 Å². The van der Waals surface area contributed by atoms with Gasteiger partial charge in [0.2, 0.25) is 0 Å². The number of ether oxygens (including phenoxy) is 1. The molecular formula is C13H11FNO2+. The quantitative estimate of drug-likeness (QED) is 0.874. The van der Waals surface area contributed by atoms with Crippen molar-refractivity contribution in [3.05, 3.63) is 64.8 Å². The van der Waals surface area contributed by atoms with E-state index in [1.807, 2.05) is 30.3 Å². The van der Waals surface area contributed by atoms with E-state index in [2.05, 4.69) is 0 Å². The predicted molar refractivity (Wildman–Crippen MR) is 61.2 cm³/mol. The van der Waals surface area contributed by atoms with E-state index < -0.39 is 5.82 Å². The summed E-state index contributed by atoms with van der Waals surface area (Å²) in [4.78, 5) is 10.4. The molecule has 0 heterocycles. The SMILES string of the molecule is O=[NH+]c1ccc(F)c(OCc2ccccc2)c1. The van der Waals surface area contributed by atoms with Crippen molar-refractivity contribution < 1.29 is 14.3 Å². The van der Waals surface area contributed by atoms with Gasteiger partial charge >= 0.3 is 0 Å². The Bertz CT molecular complexity index is 514. The molecule has 0 saturated carbocycles. The van der Waals surface area contributed by atoms with Gasteiger partial charge in [0.05, 0.1) is 6.07 Å². The number of nitroso groups, excluding NO2 is 1. The van der Waals surface area contributed by atoms with Crippen molar-refractivity contribution in [1.29, 1.82) is 0 Å². The number of benzene rings is 2. The van der Waals surface area contributed by atoms with Gasteiger partial charge in [0.15, 0.2) is 11.6 Å². The molecule has 0 fully saturated rings. The third-order valence-electron chi connectivity index (χ3n) is 2.29. The van der Waals surface area contributed by atoms with Gasteiger partial charge in [-0.1, -0.05) is 30.3 Å². The topological polar surface area (TPSA) is 40.3 Å². The first-order chi connectivity index (χ1) is 8.29. The van der Waals surface area contributed by atoms with Crippen LogP contribution in [0.5, 0.6) is 5.75 Å². The van der Waals surface area contributed by atoms with E-state index in [0.717, 1.165) is 5.56 Å². The molecule has 0 aliphatic carbocycles. The lowest BCUT2D eigenvalue weighted by Gasteiger charge is -2.06. The fraction of sp³-hybridized carbons (Fsp3) is 0.0769. The molecule has 0 aromatic heterocycles. The lowest BCUT2D eigenvalue weighted by atomic mass is 10.2. The van der Waals surface area contributed by atoms with Crippen molar-refractivity contribution in [3.63, 3.8) is 0 Å². The van der Waals surface area contributed by atoms with Crippen LogP contribution in [0.2, 0.25) is 0 Å². The molecule has 3 nitrogen and oxygen atoms in total. The van der Waals surface area contributed by atoms with Crippen LogP contribution in [0.25, 0.3) is 0 Å². The molecule has 0 aliphatic heterocycles. The molecule has 2 aromatic rings. The summed E-state index contributed by atoms with van der Waals surface area (Å²) >= 11 is 0. The molecule has 0 aliphatic rings. The molecule has 2 rings (SSSR count). The van der Waals surface area contributed by atoms with Crippen molar-refractivity contribution >= 4 is 5.69 Å². The number of rotatable bonds is 4. The highest BCUT2D eigenvalue weighted by molar-refractivity contribution is 5.38. The molecule has 86 valence electrons. The molecule has 0 atom stereocenters. The molecule has 0 radical (unpaired) electrons. The predicted octanol–water partition coefficient (Wildman–Crippen LogP) is 1.88. The molecule has 0 amide bonds. The fourth-order valence-electron chi connectivity index (χ4n) is 1.41. The maximum Gasteiger partial charge on any atom is 0.257 e. The van der Waals surface area contributed by atoms with Gasteiger partial charge in [-0.25, -0.2) is 4.39 Å². The number of hydrogen-bond donors (Lipinski definition) is 1. The summed E-state index contributed by atoms with van der Waals surface area (Å²) in [5.41, 5.74) is 1.21. The van der Waals surface area contributed by atoms with Crippen molar-refractivity contribution in [2.45, 2.75) is 6.61 Å². The average molecular weight is 232 g/mol. The van der Waals surface area contributed by atoms with Crippen LogP contribution in [-0.2, 0) is 6.61 Å². The van der Waals surface area contributed by atoms with Crippen molar-refractivity contribution in [2.75, 3.05) is 0 Å². The van der Waals surface area contributed by atoms with Crippen LogP contribution in [-0.4, -0.2) is 0 Å². The van der Waals surface area contributed by atoms with Gasteiger partial charge < -0.3 is 4.74 Å². The van der Waals surface area contributed by atoms with E-state index in [0.29, 0.717) is 0 Å². The lowest BCUT2D eigenvalue weighted by molar-refractivity contribution is -0.379. The Hall–Kier alpha value is -2.23. The van der Waals surface area contributed by atoms with Gasteiger partial charge in [-0.3, -0.25) is 0 Å². The van der Waals surface area contributed by atoms with Crippen LogP contribution in [0.15, 0.2) is 48.5 Å². The van der Waals surface area contributed by atoms with Crippen LogP contribution in [0.3, 0.4) is 0 Å². The monoisotopic (exact) mass is 232 g/mol. The maximum atomic E-state index is 13.4. The van der Waals surface area contributed by atoms with Gasteiger partial charge in [0.1, 0.15) is 6.61 Å². The molecule has 4 heteroatoms. The lowest BCUT2D eigenvalue weighted by Crippen LogP contribution is -2.55. The molecule has 2 aromatic carbocycles. The Morgan fingerprint density at radius 3 is 2.59 bits per heavy atom. The minimum absolute atomic E-state index is 0.0645. The van der Waals surface area contributed by atoms with E-state index in [1.165, 1.54) is 18.2 Å². The minimum atomic E-state index is -0.486. The Labute approximate surface area is 97.8 Å². The largest absolute Gasteiger partial charge is 0.486 e. The third-order valence-corrected chi connectivity index (χ3v) is 2.29. The maximum absolute atomic E-state index is 13.4. The number of hydrogen-bond acceptors (Lipinski definition) is 2. The van der Waals surface area contributed by atoms with Crippen LogP contribution in [0.1, 0.15) is 5.56 Å². The number of nitrogens with one attached hydrogen (secondary N) is 1. The zero-order chi connectivity index (χ0) is 12.1. The summed E-state index contributed by atoms with van der Waals surface area (Å²) in [7, 11) is 0. The van der Waals surface area contributed by atoms with Gasteiger partial charge in [0, 0.05) is 16.2 Å². The molecule has 1 N–H and O–H groups in total. The summed E-state index contributed by atoms with van der Waals surface area (Å²) in [5, 5.41) is 1.70. The highest BCUT2D eigenvalue weighted by Gasteiger charge is 2.08. The number of halogens is 1. The first-order valence-corrected chi connectivity index (χ1v) is 5.14. The first kappa shape index (κ1) is 11.3. The first-order valence-electron chi connectivity index (χ1n) is 5.14. The summed E-state index contributed by atoms with van der Waals surface area (Å²) in [5.74, 6) is -0.422. The van der Waals surface area contributed by atoms with Crippen LogP contribution >= 0.6 is 0 Å². The molecular weight excluding hydrogens is 221 g/mol. The average Bonchev–Trinajstić information content (AvgIpc) is 2.39. The Kier molecular flexibility index (Phi) is 3.45.